The van der Waals surface area contributed by atoms with Crippen molar-refractivity contribution in [2.24, 2.45) is 0 Å². The zero-order valence-electron chi connectivity index (χ0n) is 14.0. The van der Waals surface area contributed by atoms with Gasteiger partial charge in [-0.3, -0.25) is 9.78 Å². The fourth-order valence-electron chi connectivity index (χ4n) is 2.41. The van der Waals surface area contributed by atoms with Gasteiger partial charge in [-0.05, 0) is 23.6 Å². The first-order chi connectivity index (χ1) is 12.7. The number of carbonyl (C=O) groups is 2. The molecule has 0 saturated heterocycles. The maximum absolute atomic E-state index is 12.1. The van der Waals surface area contributed by atoms with Crippen LogP contribution in [0.15, 0.2) is 73.2 Å². The van der Waals surface area contributed by atoms with Gasteiger partial charge in [-0.25, -0.2) is 9.78 Å². The van der Waals surface area contributed by atoms with E-state index in [0.717, 1.165) is 11.1 Å². The summed E-state index contributed by atoms with van der Waals surface area (Å²) in [6.45, 7) is -0.394. The molecule has 2 aromatic carbocycles. The lowest BCUT2D eigenvalue weighted by atomic mass is 10.0. The molecule has 0 aliphatic heterocycles. The van der Waals surface area contributed by atoms with Crippen LogP contribution in [0.1, 0.15) is 21.6 Å². The Kier molecular flexibility index (Phi) is 5.67. The Morgan fingerprint density at radius 2 is 1.73 bits per heavy atom. The summed E-state index contributed by atoms with van der Waals surface area (Å²) in [6.07, 6.45) is 4.82. The molecule has 3 aromatic rings. The van der Waals surface area contributed by atoms with E-state index in [1.807, 2.05) is 54.6 Å². The first kappa shape index (κ1) is 17.3. The zero-order chi connectivity index (χ0) is 18.2. The number of amides is 1. The van der Waals surface area contributed by atoms with Crippen LogP contribution in [0.4, 0.5) is 5.69 Å². The number of carbonyl (C=O) groups excluding carboxylic acids is 2. The zero-order valence-corrected chi connectivity index (χ0v) is 14.0. The minimum Gasteiger partial charge on any atom is -0.451 e. The fraction of sp³-hybridized carbons (Fsp3) is 0.100. The summed E-state index contributed by atoms with van der Waals surface area (Å²) in [4.78, 5) is 31.6. The molecule has 6 heteroatoms. The van der Waals surface area contributed by atoms with Gasteiger partial charge in [0.15, 0.2) is 12.3 Å². The third kappa shape index (κ3) is 4.73. The number of para-hydroxylation sites is 1. The molecule has 1 heterocycles. The van der Waals surface area contributed by atoms with Crippen LogP contribution in [-0.2, 0) is 16.0 Å². The largest absolute Gasteiger partial charge is 0.451 e. The highest BCUT2D eigenvalue weighted by atomic mass is 16.5. The third-order valence-electron chi connectivity index (χ3n) is 3.64. The molecule has 1 amide bonds. The Hall–Kier alpha value is -3.54. The van der Waals surface area contributed by atoms with E-state index in [1.54, 1.807) is 0 Å². The van der Waals surface area contributed by atoms with Crippen molar-refractivity contribution in [3.8, 4) is 0 Å². The second-order valence-electron chi connectivity index (χ2n) is 5.53. The smallest absolute Gasteiger partial charge is 0.359 e. The van der Waals surface area contributed by atoms with Crippen molar-refractivity contribution in [3.05, 3.63) is 90.0 Å². The van der Waals surface area contributed by atoms with Crippen LogP contribution in [0, 0.1) is 0 Å². The number of ether oxygens (including phenoxy) is 1. The Morgan fingerprint density at radius 3 is 2.50 bits per heavy atom. The second kappa shape index (κ2) is 8.53. The minimum atomic E-state index is -0.689. The van der Waals surface area contributed by atoms with Crippen molar-refractivity contribution in [2.45, 2.75) is 6.42 Å². The number of hydrogen-bond acceptors (Lipinski definition) is 5. The predicted octanol–water partition coefficient (Wildman–Crippen LogP) is 2.86. The van der Waals surface area contributed by atoms with E-state index in [-0.39, 0.29) is 5.69 Å². The summed E-state index contributed by atoms with van der Waals surface area (Å²) in [5, 5.41) is 2.79. The maximum atomic E-state index is 12.1. The van der Waals surface area contributed by atoms with Crippen molar-refractivity contribution in [1.82, 2.24) is 9.97 Å². The average molecular weight is 347 g/mol. The number of hydrogen-bond donors (Lipinski definition) is 1. The van der Waals surface area contributed by atoms with Crippen molar-refractivity contribution in [3.63, 3.8) is 0 Å². The lowest BCUT2D eigenvalue weighted by molar-refractivity contribution is -0.119. The molecule has 130 valence electrons. The predicted molar refractivity (Wildman–Crippen MR) is 96.6 cm³/mol. The highest BCUT2D eigenvalue weighted by Crippen LogP contribution is 2.19. The molecule has 0 unspecified atom stereocenters. The van der Waals surface area contributed by atoms with E-state index in [1.165, 1.54) is 18.6 Å². The van der Waals surface area contributed by atoms with Crippen LogP contribution in [0.5, 0.6) is 0 Å². The van der Waals surface area contributed by atoms with Gasteiger partial charge >= 0.3 is 5.97 Å². The molecule has 3 rings (SSSR count). The van der Waals surface area contributed by atoms with Gasteiger partial charge in [-0.15, -0.1) is 0 Å². The van der Waals surface area contributed by atoms with Crippen LogP contribution < -0.4 is 5.32 Å². The number of nitrogens with one attached hydrogen (secondary N) is 1. The lowest BCUT2D eigenvalue weighted by Crippen LogP contribution is -2.22. The Labute approximate surface area is 150 Å². The SMILES string of the molecule is O=C(COC(=O)c1cnccn1)Nc1ccccc1Cc1ccccc1. The number of anilines is 1. The molecule has 0 radical (unpaired) electrons. The molecule has 0 aliphatic rings. The number of nitrogens with zero attached hydrogens (tertiary/aromatic N) is 2. The van der Waals surface area contributed by atoms with E-state index < -0.39 is 18.5 Å². The number of rotatable bonds is 6. The quantitative estimate of drug-likeness (QED) is 0.694. The number of esters is 1. The van der Waals surface area contributed by atoms with Crippen molar-refractivity contribution in [2.75, 3.05) is 11.9 Å². The minimum absolute atomic E-state index is 0.0600. The van der Waals surface area contributed by atoms with Crippen molar-refractivity contribution >= 4 is 17.6 Å². The molecule has 6 nitrogen and oxygen atoms in total. The van der Waals surface area contributed by atoms with Gasteiger partial charge < -0.3 is 10.1 Å². The van der Waals surface area contributed by atoms with Gasteiger partial charge in [0, 0.05) is 18.1 Å². The van der Waals surface area contributed by atoms with E-state index >= 15 is 0 Å². The van der Waals surface area contributed by atoms with E-state index in [9.17, 15) is 9.59 Å². The molecular weight excluding hydrogens is 330 g/mol. The standard InChI is InChI=1S/C20H17N3O3/c24-19(14-26-20(25)18-13-21-10-11-22-18)23-17-9-5-4-8-16(17)12-15-6-2-1-3-7-15/h1-11,13H,12,14H2,(H,23,24). The first-order valence-corrected chi connectivity index (χ1v) is 8.07. The molecule has 1 N–H and O–H groups in total. The number of benzene rings is 2. The van der Waals surface area contributed by atoms with Gasteiger partial charge in [-0.1, -0.05) is 48.5 Å². The van der Waals surface area contributed by atoms with Gasteiger partial charge in [0.1, 0.15) is 0 Å². The average Bonchev–Trinajstić information content (AvgIpc) is 2.69. The Bertz CT molecular complexity index is 883. The van der Waals surface area contributed by atoms with Crippen LogP contribution in [-0.4, -0.2) is 28.5 Å². The van der Waals surface area contributed by atoms with Gasteiger partial charge in [-0.2, -0.15) is 0 Å². The lowest BCUT2D eigenvalue weighted by Gasteiger charge is -2.11. The van der Waals surface area contributed by atoms with E-state index in [0.29, 0.717) is 12.1 Å². The Morgan fingerprint density at radius 1 is 0.962 bits per heavy atom. The molecule has 0 saturated carbocycles. The van der Waals surface area contributed by atoms with Crippen LogP contribution in [0.3, 0.4) is 0 Å². The first-order valence-electron chi connectivity index (χ1n) is 8.07. The highest BCUT2D eigenvalue weighted by Gasteiger charge is 2.12. The van der Waals surface area contributed by atoms with E-state index in [4.69, 9.17) is 4.74 Å². The van der Waals surface area contributed by atoms with Crippen LogP contribution >= 0.6 is 0 Å². The summed E-state index contributed by atoms with van der Waals surface area (Å²) in [7, 11) is 0. The fourth-order valence-corrected chi connectivity index (χ4v) is 2.41. The number of aromatic nitrogens is 2. The van der Waals surface area contributed by atoms with Crippen LogP contribution in [0.25, 0.3) is 0 Å². The molecule has 0 fully saturated rings. The normalized spacial score (nSPS) is 10.2. The molecule has 0 spiro atoms. The van der Waals surface area contributed by atoms with E-state index in [2.05, 4.69) is 15.3 Å². The van der Waals surface area contributed by atoms with Gasteiger partial charge in [0.05, 0.1) is 6.20 Å². The Balaban J connectivity index is 1.60. The third-order valence-corrected chi connectivity index (χ3v) is 3.64. The molecule has 26 heavy (non-hydrogen) atoms. The molecule has 0 aliphatic carbocycles. The molecule has 0 bridgehead atoms. The van der Waals surface area contributed by atoms with Gasteiger partial charge in [0.2, 0.25) is 0 Å². The summed E-state index contributed by atoms with van der Waals surface area (Å²) >= 11 is 0. The van der Waals surface area contributed by atoms with Crippen LogP contribution in [0.2, 0.25) is 0 Å². The monoisotopic (exact) mass is 347 g/mol. The molecule has 1 aromatic heterocycles. The molecular formula is C20H17N3O3. The highest BCUT2D eigenvalue weighted by molar-refractivity contribution is 5.95. The van der Waals surface area contributed by atoms with Gasteiger partial charge in [0.25, 0.3) is 5.91 Å². The maximum Gasteiger partial charge on any atom is 0.359 e. The van der Waals surface area contributed by atoms with Crippen molar-refractivity contribution < 1.29 is 14.3 Å². The topological polar surface area (TPSA) is 81.2 Å². The van der Waals surface area contributed by atoms with Crippen molar-refractivity contribution in [1.29, 1.82) is 0 Å². The summed E-state index contributed by atoms with van der Waals surface area (Å²) in [5.41, 5.74) is 2.87. The second-order valence-corrected chi connectivity index (χ2v) is 5.53. The summed E-state index contributed by atoms with van der Waals surface area (Å²) in [5.74, 6) is -1.10. The summed E-state index contributed by atoms with van der Waals surface area (Å²) < 4.78 is 4.97. The summed E-state index contributed by atoms with van der Waals surface area (Å²) in [6, 6.07) is 17.5. The molecule has 0 atom stereocenters.